The summed E-state index contributed by atoms with van der Waals surface area (Å²) in [6, 6.07) is 0.347. The van der Waals surface area contributed by atoms with Gasteiger partial charge < -0.3 is 10.1 Å². The lowest BCUT2D eigenvalue weighted by atomic mass is 9.92. The maximum Gasteiger partial charge on any atom is 0.230 e. The number of ether oxygens (including phenoxy) is 1. The van der Waals surface area contributed by atoms with Crippen LogP contribution >= 0.6 is 11.8 Å². The molecular formula is C17H32N2O4S2. The zero-order valence-electron chi connectivity index (χ0n) is 15.4. The van der Waals surface area contributed by atoms with E-state index < -0.39 is 9.84 Å². The Morgan fingerprint density at radius 2 is 1.96 bits per heavy atom. The van der Waals surface area contributed by atoms with Crippen LogP contribution in [-0.4, -0.2) is 80.6 Å². The van der Waals surface area contributed by atoms with Crippen molar-refractivity contribution in [3.8, 4) is 0 Å². The number of morpholine rings is 1. The van der Waals surface area contributed by atoms with Crippen molar-refractivity contribution in [3.63, 3.8) is 0 Å². The molecule has 2 aliphatic heterocycles. The van der Waals surface area contributed by atoms with Crippen molar-refractivity contribution in [2.75, 3.05) is 50.1 Å². The van der Waals surface area contributed by atoms with E-state index >= 15 is 0 Å². The first kappa shape index (κ1) is 21.0. The van der Waals surface area contributed by atoms with Crippen LogP contribution < -0.4 is 5.32 Å². The molecule has 2 atom stereocenters. The average Bonchev–Trinajstić information content (AvgIpc) is 2.96. The van der Waals surface area contributed by atoms with E-state index in [9.17, 15) is 13.2 Å². The Morgan fingerprint density at radius 1 is 1.28 bits per heavy atom. The lowest BCUT2D eigenvalue weighted by Gasteiger charge is -2.38. The highest BCUT2D eigenvalue weighted by Crippen LogP contribution is 2.24. The molecule has 0 aromatic rings. The van der Waals surface area contributed by atoms with Crippen molar-refractivity contribution in [2.24, 2.45) is 5.92 Å². The molecule has 146 valence electrons. The van der Waals surface area contributed by atoms with Crippen LogP contribution in [0.15, 0.2) is 0 Å². The van der Waals surface area contributed by atoms with Crippen LogP contribution in [0.5, 0.6) is 0 Å². The molecule has 2 fully saturated rings. The van der Waals surface area contributed by atoms with Gasteiger partial charge in [0.2, 0.25) is 5.91 Å². The van der Waals surface area contributed by atoms with E-state index in [1.165, 1.54) is 11.8 Å². The predicted molar refractivity (Wildman–Crippen MR) is 103 cm³/mol. The molecule has 0 saturated carbocycles. The van der Waals surface area contributed by atoms with Crippen molar-refractivity contribution in [2.45, 2.75) is 44.4 Å². The molecular weight excluding hydrogens is 360 g/mol. The van der Waals surface area contributed by atoms with E-state index in [0.29, 0.717) is 30.7 Å². The topological polar surface area (TPSA) is 75.7 Å². The molecule has 1 N–H and O–H groups in total. The van der Waals surface area contributed by atoms with Gasteiger partial charge in [-0.2, -0.15) is 0 Å². The number of nitrogens with one attached hydrogen (secondary N) is 1. The first-order chi connectivity index (χ1) is 11.9. The Bertz CT molecular complexity index is 517. The number of hydrogen-bond donors (Lipinski definition) is 1. The van der Waals surface area contributed by atoms with E-state index in [0.717, 1.165) is 39.1 Å². The molecule has 25 heavy (non-hydrogen) atoms. The molecule has 0 aromatic carbocycles. The van der Waals surface area contributed by atoms with Crippen LogP contribution in [0.3, 0.4) is 0 Å². The molecule has 0 aliphatic carbocycles. The summed E-state index contributed by atoms with van der Waals surface area (Å²) in [5.74, 6) is 1.40. The molecule has 2 aliphatic rings. The predicted octanol–water partition coefficient (Wildman–Crippen LogP) is 1.16. The summed E-state index contributed by atoms with van der Waals surface area (Å²) < 4.78 is 28.4. The number of rotatable bonds is 9. The molecule has 0 spiro atoms. The largest absolute Gasteiger partial charge is 0.379 e. The van der Waals surface area contributed by atoms with Gasteiger partial charge in [0.05, 0.1) is 30.5 Å². The van der Waals surface area contributed by atoms with Crippen LogP contribution in [0.2, 0.25) is 0 Å². The number of hydrogen-bond acceptors (Lipinski definition) is 6. The van der Waals surface area contributed by atoms with Crippen molar-refractivity contribution in [1.82, 2.24) is 10.2 Å². The molecule has 0 radical (unpaired) electrons. The SMILES string of the molecule is CCC(CC)C(CNC(=O)CSC1CCS(=O)(=O)C1)N1CCOCC1. The summed E-state index contributed by atoms with van der Waals surface area (Å²) in [4.78, 5) is 14.7. The lowest BCUT2D eigenvalue weighted by Crippen LogP contribution is -2.52. The van der Waals surface area contributed by atoms with E-state index in [1.807, 2.05) is 0 Å². The highest BCUT2D eigenvalue weighted by Gasteiger charge is 2.29. The number of carbonyl (C=O) groups is 1. The summed E-state index contributed by atoms with van der Waals surface area (Å²) in [6.45, 7) is 8.44. The molecule has 0 aromatic heterocycles. The highest BCUT2D eigenvalue weighted by atomic mass is 32.2. The normalized spacial score (nSPS) is 25.2. The smallest absolute Gasteiger partial charge is 0.230 e. The second kappa shape index (κ2) is 10.1. The Morgan fingerprint density at radius 3 is 2.52 bits per heavy atom. The van der Waals surface area contributed by atoms with Gasteiger partial charge >= 0.3 is 0 Å². The highest BCUT2D eigenvalue weighted by molar-refractivity contribution is 8.02. The van der Waals surface area contributed by atoms with E-state index in [2.05, 4.69) is 24.1 Å². The Kier molecular flexibility index (Phi) is 8.51. The summed E-state index contributed by atoms with van der Waals surface area (Å²) in [7, 11) is -2.87. The van der Waals surface area contributed by atoms with E-state index in [4.69, 9.17) is 4.74 Å². The first-order valence-corrected chi connectivity index (χ1v) is 12.2. The summed E-state index contributed by atoms with van der Waals surface area (Å²) in [5, 5.41) is 3.16. The fourth-order valence-electron chi connectivity index (χ4n) is 3.69. The van der Waals surface area contributed by atoms with Crippen molar-refractivity contribution in [3.05, 3.63) is 0 Å². The van der Waals surface area contributed by atoms with Gasteiger partial charge in [-0.3, -0.25) is 9.69 Å². The third kappa shape index (κ3) is 6.73. The minimum atomic E-state index is -2.87. The second-order valence-corrected chi connectivity index (χ2v) is 10.4. The molecule has 6 nitrogen and oxygen atoms in total. The van der Waals surface area contributed by atoms with E-state index in [1.54, 1.807) is 0 Å². The van der Waals surface area contributed by atoms with Gasteiger partial charge in [0.15, 0.2) is 9.84 Å². The molecule has 2 heterocycles. The van der Waals surface area contributed by atoms with Gasteiger partial charge in [-0.1, -0.05) is 26.7 Å². The molecule has 8 heteroatoms. The maximum absolute atomic E-state index is 12.2. The Hall–Kier alpha value is -0.310. The van der Waals surface area contributed by atoms with Gasteiger partial charge in [-0.15, -0.1) is 11.8 Å². The molecule has 2 rings (SSSR count). The van der Waals surface area contributed by atoms with Gasteiger partial charge in [0.25, 0.3) is 0 Å². The van der Waals surface area contributed by atoms with Crippen molar-refractivity contribution >= 4 is 27.5 Å². The average molecular weight is 393 g/mol. The summed E-state index contributed by atoms with van der Waals surface area (Å²) in [6.07, 6.45) is 2.87. The monoisotopic (exact) mass is 392 g/mol. The number of thioether (sulfide) groups is 1. The van der Waals surface area contributed by atoms with Gasteiger partial charge in [0.1, 0.15) is 0 Å². The number of carbonyl (C=O) groups excluding carboxylic acids is 1. The van der Waals surface area contributed by atoms with Gasteiger partial charge in [-0.25, -0.2) is 8.42 Å². The second-order valence-electron chi connectivity index (χ2n) is 6.93. The third-order valence-electron chi connectivity index (χ3n) is 5.26. The molecule has 0 bridgehead atoms. The van der Waals surface area contributed by atoms with Crippen LogP contribution in [0, 0.1) is 5.92 Å². The zero-order valence-corrected chi connectivity index (χ0v) is 17.0. The maximum atomic E-state index is 12.2. The van der Waals surface area contributed by atoms with Crippen LogP contribution in [0.25, 0.3) is 0 Å². The van der Waals surface area contributed by atoms with Gasteiger partial charge in [0, 0.05) is 30.9 Å². The minimum absolute atomic E-state index is 0.0125. The fourth-order valence-corrected chi connectivity index (χ4v) is 7.16. The zero-order chi connectivity index (χ0) is 18.3. The first-order valence-electron chi connectivity index (χ1n) is 9.35. The molecule has 2 unspecified atom stereocenters. The third-order valence-corrected chi connectivity index (χ3v) is 8.54. The van der Waals surface area contributed by atoms with E-state index in [-0.39, 0.29) is 22.7 Å². The fraction of sp³-hybridized carbons (Fsp3) is 0.941. The summed E-state index contributed by atoms with van der Waals surface area (Å²) in [5.41, 5.74) is 0. The van der Waals surface area contributed by atoms with Crippen molar-refractivity contribution < 1.29 is 17.9 Å². The van der Waals surface area contributed by atoms with Gasteiger partial charge in [-0.05, 0) is 12.3 Å². The van der Waals surface area contributed by atoms with Crippen molar-refractivity contribution in [1.29, 1.82) is 0 Å². The Labute approximate surface area is 156 Å². The number of nitrogens with zero attached hydrogens (tertiary/aromatic N) is 1. The lowest BCUT2D eigenvalue weighted by molar-refractivity contribution is -0.119. The number of sulfone groups is 1. The standard InChI is InChI=1S/C17H32N2O4S2/c1-3-14(4-2)16(19-6-8-23-9-7-19)11-18-17(20)12-24-15-5-10-25(21,22)13-15/h14-16H,3-13H2,1-2H3,(H,18,20). The molecule has 2 saturated heterocycles. The number of amides is 1. The Balaban J connectivity index is 1.79. The van der Waals surface area contributed by atoms with Crippen LogP contribution in [-0.2, 0) is 19.4 Å². The minimum Gasteiger partial charge on any atom is -0.379 e. The van der Waals surface area contributed by atoms with Crippen LogP contribution in [0.1, 0.15) is 33.1 Å². The summed E-state index contributed by atoms with van der Waals surface area (Å²) >= 11 is 1.48. The quantitative estimate of drug-likeness (QED) is 0.635. The molecule has 1 amide bonds. The van der Waals surface area contributed by atoms with Crippen LogP contribution in [0.4, 0.5) is 0 Å².